The number of hydrogen-bond acceptors (Lipinski definition) is 3. The molecule has 0 unspecified atom stereocenters. The average molecular weight is 312 g/mol. The van der Waals surface area contributed by atoms with E-state index in [4.69, 9.17) is 16.5 Å². The van der Waals surface area contributed by atoms with E-state index < -0.39 is 0 Å². The van der Waals surface area contributed by atoms with Gasteiger partial charge in [0.1, 0.15) is 11.6 Å². The Bertz CT molecular complexity index is 757. The third-order valence-electron chi connectivity index (χ3n) is 4.42. The maximum Gasteiger partial charge on any atom is 0.133 e. The highest BCUT2D eigenvalue weighted by molar-refractivity contribution is 5.67. The van der Waals surface area contributed by atoms with Gasteiger partial charge in [0, 0.05) is 30.4 Å². The Morgan fingerprint density at radius 2 is 2.17 bits per heavy atom. The molecule has 0 saturated heterocycles. The minimum atomic E-state index is -0.321. The summed E-state index contributed by atoms with van der Waals surface area (Å²) in [5, 5.41) is 0. The predicted molar refractivity (Wildman–Crippen MR) is 91.7 cm³/mol. The van der Waals surface area contributed by atoms with Crippen LogP contribution in [0, 0.1) is 5.82 Å². The van der Waals surface area contributed by atoms with E-state index in [1.54, 1.807) is 18.3 Å². The normalized spacial score (nSPS) is 15.0. The largest absolute Gasteiger partial charge is 0.403 e. The number of benzene rings is 1. The molecule has 0 spiro atoms. The second kappa shape index (κ2) is 6.38. The molecule has 1 aliphatic rings. The van der Waals surface area contributed by atoms with E-state index in [1.807, 2.05) is 10.6 Å². The molecule has 4 nitrogen and oxygen atoms in total. The van der Waals surface area contributed by atoms with Gasteiger partial charge in [-0.2, -0.15) is 0 Å². The third-order valence-corrected chi connectivity index (χ3v) is 4.42. The fourth-order valence-electron chi connectivity index (χ4n) is 2.95. The first kappa shape index (κ1) is 15.5. The molecule has 120 valence electrons. The van der Waals surface area contributed by atoms with Crippen LogP contribution in [0.3, 0.4) is 0 Å². The number of nitrogens with two attached hydrogens (primary N) is 2. The molecule has 0 amide bonds. The van der Waals surface area contributed by atoms with Gasteiger partial charge in [0.05, 0.1) is 11.4 Å². The van der Waals surface area contributed by atoms with Crippen LogP contribution in [-0.4, -0.2) is 9.55 Å². The average Bonchev–Trinajstić information content (AvgIpc) is 2.84. The molecule has 1 heterocycles. The minimum Gasteiger partial charge on any atom is -0.403 e. The smallest absolute Gasteiger partial charge is 0.133 e. The van der Waals surface area contributed by atoms with Crippen LogP contribution in [0.25, 0.3) is 23.5 Å². The molecule has 23 heavy (non-hydrogen) atoms. The molecule has 1 aromatic carbocycles. The van der Waals surface area contributed by atoms with Crippen molar-refractivity contribution in [1.29, 1.82) is 0 Å². The summed E-state index contributed by atoms with van der Waals surface area (Å²) < 4.78 is 16.4. The van der Waals surface area contributed by atoms with Crippen molar-refractivity contribution in [2.45, 2.75) is 31.7 Å². The summed E-state index contributed by atoms with van der Waals surface area (Å²) in [7, 11) is 0. The second-order valence-corrected chi connectivity index (χ2v) is 5.75. The molecule has 4 N–H and O–H groups in total. The first-order valence-electron chi connectivity index (χ1n) is 7.81. The number of nitrogens with zero attached hydrogens (tertiary/aromatic N) is 2. The third kappa shape index (κ3) is 2.68. The van der Waals surface area contributed by atoms with Gasteiger partial charge in [0.25, 0.3) is 0 Å². The summed E-state index contributed by atoms with van der Waals surface area (Å²) in [6.07, 6.45) is 8.21. The number of aromatic nitrogens is 2. The van der Waals surface area contributed by atoms with Crippen LogP contribution in [0.5, 0.6) is 0 Å². The zero-order chi connectivity index (χ0) is 16.4. The Labute approximate surface area is 135 Å². The van der Waals surface area contributed by atoms with Crippen molar-refractivity contribution in [1.82, 2.24) is 9.55 Å². The second-order valence-electron chi connectivity index (χ2n) is 5.75. The lowest BCUT2D eigenvalue weighted by Crippen LogP contribution is -2.15. The summed E-state index contributed by atoms with van der Waals surface area (Å²) in [5.74, 6) is 0.986. The molecule has 2 aromatic rings. The SMILES string of the molecule is C=Cc1ccc(-c2nc(C3CCC3)n(/C=C\N)c2CN)c(F)c1. The summed E-state index contributed by atoms with van der Waals surface area (Å²) in [5.41, 5.74) is 14.1. The lowest BCUT2D eigenvalue weighted by molar-refractivity contribution is 0.398. The number of halogens is 1. The molecule has 0 aliphatic heterocycles. The molecule has 0 bridgehead atoms. The minimum absolute atomic E-state index is 0.266. The van der Waals surface area contributed by atoms with Crippen LogP contribution < -0.4 is 11.5 Å². The van der Waals surface area contributed by atoms with E-state index >= 15 is 0 Å². The molecular formula is C18H21FN4. The van der Waals surface area contributed by atoms with Crippen LogP contribution in [0.15, 0.2) is 31.0 Å². The first-order valence-corrected chi connectivity index (χ1v) is 7.81. The highest BCUT2D eigenvalue weighted by atomic mass is 19.1. The predicted octanol–water partition coefficient (Wildman–Crippen LogP) is 3.45. The highest BCUT2D eigenvalue weighted by Crippen LogP contribution is 2.39. The van der Waals surface area contributed by atoms with Crippen molar-refractivity contribution in [3.05, 3.63) is 53.9 Å². The van der Waals surface area contributed by atoms with Gasteiger partial charge in [-0.1, -0.05) is 25.1 Å². The van der Waals surface area contributed by atoms with Crippen molar-refractivity contribution >= 4 is 12.3 Å². The Kier molecular flexibility index (Phi) is 4.30. The molecule has 5 heteroatoms. The summed E-state index contributed by atoms with van der Waals surface area (Å²) in [6.45, 7) is 3.93. The van der Waals surface area contributed by atoms with Crippen LogP contribution in [0.2, 0.25) is 0 Å². The van der Waals surface area contributed by atoms with E-state index in [-0.39, 0.29) is 12.4 Å². The van der Waals surface area contributed by atoms with Gasteiger partial charge in [-0.3, -0.25) is 0 Å². The topological polar surface area (TPSA) is 69.9 Å². The molecule has 1 saturated carbocycles. The molecule has 0 radical (unpaired) electrons. The standard InChI is InChI=1S/C18H21FN4/c1-2-12-6-7-14(15(19)10-12)17-16(11-21)23(9-8-20)18(22-17)13-4-3-5-13/h2,6-10,13H,1,3-5,11,20-21H2/b9-8-. The van der Waals surface area contributed by atoms with Crippen LogP contribution in [0.4, 0.5) is 4.39 Å². The first-order chi connectivity index (χ1) is 11.2. The highest BCUT2D eigenvalue weighted by Gasteiger charge is 2.28. The van der Waals surface area contributed by atoms with Crippen molar-refractivity contribution in [2.24, 2.45) is 11.5 Å². The van der Waals surface area contributed by atoms with Crippen molar-refractivity contribution < 1.29 is 4.39 Å². The molecule has 1 aromatic heterocycles. The van der Waals surface area contributed by atoms with E-state index in [0.29, 0.717) is 17.2 Å². The molecule has 1 fully saturated rings. The van der Waals surface area contributed by atoms with Crippen LogP contribution in [0.1, 0.15) is 42.3 Å². The maximum absolute atomic E-state index is 14.5. The maximum atomic E-state index is 14.5. The van der Waals surface area contributed by atoms with Crippen molar-refractivity contribution in [3.63, 3.8) is 0 Å². The Morgan fingerprint density at radius 3 is 2.70 bits per heavy atom. The number of rotatable bonds is 5. The van der Waals surface area contributed by atoms with Gasteiger partial charge in [-0.15, -0.1) is 0 Å². The Balaban J connectivity index is 2.16. The molecule has 0 atom stereocenters. The van der Waals surface area contributed by atoms with Gasteiger partial charge in [-0.25, -0.2) is 9.37 Å². The summed E-state index contributed by atoms with van der Waals surface area (Å²) in [6, 6.07) is 5.02. The van der Waals surface area contributed by atoms with Gasteiger partial charge in [0.15, 0.2) is 0 Å². The van der Waals surface area contributed by atoms with Gasteiger partial charge in [-0.05, 0) is 30.5 Å². The van der Waals surface area contributed by atoms with E-state index in [0.717, 1.165) is 29.9 Å². The Hall–Kier alpha value is -2.40. The summed E-state index contributed by atoms with van der Waals surface area (Å²) in [4.78, 5) is 4.72. The molecular weight excluding hydrogens is 291 g/mol. The van der Waals surface area contributed by atoms with E-state index in [9.17, 15) is 4.39 Å². The lowest BCUT2D eigenvalue weighted by Gasteiger charge is -2.24. The van der Waals surface area contributed by atoms with Crippen molar-refractivity contribution in [3.8, 4) is 11.3 Å². The van der Waals surface area contributed by atoms with E-state index in [2.05, 4.69) is 6.58 Å². The fraction of sp³-hybridized carbons (Fsp3) is 0.278. The fourth-order valence-corrected chi connectivity index (χ4v) is 2.95. The monoisotopic (exact) mass is 312 g/mol. The van der Waals surface area contributed by atoms with Crippen LogP contribution in [-0.2, 0) is 6.54 Å². The lowest BCUT2D eigenvalue weighted by atomic mass is 9.85. The van der Waals surface area contributed by atoms with Crippen LogP contribution >= 0.6 is 0 Å². The van der Waals surface area contributed by atoms with Gasteiger partial charge < -0.3 is 16.0 Å². The zero-order valence-corrected chi connectivity index (χ0v) is 13.0. The molecule has 3 rings (SSSR count). The number of imidazole rings is 1. The molecule has 1 aliphatic carbocycles. The summed E-state index contributed by atoms with van der Waals surface area (Å²) >= 11 is 0. The van der Waals surface area contributed by atoms with Gasteiger partial charge in [0.2, 0.25) is 0 Å². The number of hydrogen-bond donors (Lipinski definition) is 2. The van der Waals surface area contributed by atoms with Crippen molar-refractivity contribution in [2.75, 3.05) is 0 Å². The van der Waals surface area contributed by atoms with Gasteiger partial charge >= 0.3 is 0 Å². The quantitative estimate of drug-likeness (QED) is 0.888. The zero-order valence-electron chi connectivity index (χ0n) is 13.0. The van der Waals surface area contributed by atoms with E-state index in [1.165, 1.54) is 18.7 Å². The Morgan fingerprint density at radius 1 is 1.39 bits per heavy atom.